The minimum atomic E-state index is -0.298. The van der Waals surface area contributed by atoms with Crippen LogP contribution in [0.25, 0.3) is 0 Å². The molecule has 0 fully saturated rings. The van der Waals surface area contributed by atoms with Crippen LogP contribution in [0, 0.1) is 5.82 Å². The number of thiophene rings is 1. The molecule has 1 aromatic heterocycles. The Kier molecular flexibility index (Phi) is 4.49. The third-order valence-corrected chi connectivity index (χ3v) is 3.79. The average Bonchev–Trinajstić information content (AvgIpc) is 2.85. The highest BCUT2D eigenvalue weighted by Crippen LogP contribution is 2.16. The zero-order valence-corrected chi connectivity index (χ0v) is 12.1. The Bertz CT molecular complexity index is 554. The molecule has 0 aliphatic carbocycles. The van der Waals surface area contributed by atoms with Gasteiger partial charge in [0.2, 0.25) is 0 Å². The van der Waals surface area contributed by atoms with Gasteiger partial charge in [0.1, 0.15) is 12.4 Å². The van der Waals surface area contributed by atoms with Gasteiger partial charge in [-0.1, -0.05) is 33.2 Å². The number of rotatable bonds is 4. The highest BCUT2D eigenvalue weighted by Gasteiger charge is 2.03. The van der Waals surface area contributed by atoms with Gasteiger partial charge < -0.3 is 4.84 Å². The van der Waals surface area contributed by atoms with E-state index in [0.29, 0.717) is 10.0 Å². The molecule has 5 heteroatoms. The van der Waals surface area contributed by atoms with E-state index in [4.69, 9.17) is 4.84 Å². The van der Waals surface area contributed by atoms with Gasteiger partial charge in [-0.15, -0.1) is 11.3 Å². The maximum atomic E-state index is 13.5. The second kappa shape index (κ2) is 6.11. The van der Waals surface area contributed by atoms with Crippen LogP contribution in [0.3, 0.4) is 0 Å². The van der Waals surface area contributed by atoms with Crippen LogP contribution in [0.4, 0.5) is 4.39 Å². The van der Waals surface area contributed by atoms with Crippen LogP contribution in [-0.4, -0.2) is 5.71 Å². The van der Waals surface area contributed by atoms with Crippen molar-refractivity contribution in [3.05, 3.63) is 56.4 Å². The summed E-state index contributed by atoms with van der Waals surface area (Å²) in [4.78, 5) is 6.21. The molecule has 2 nitrogen and oxygen atoms in total. The van der Waals surface area contributed by atoms with E-state index >= 15 is 0 Å². The Balaban J connectivity index is 1.98. The highest BCUT2D eigenvalue weighted by atomic mass is 79.9. The van der Waals surface area contributed by atoms with Gasteiger partial charge in [0.15, 0.2) is 0 Å². The molecule has 0 radical (unpaired) electrons. The monoisotopic (exact) mass is 327 g/mol. The summed E-state index contributed by atoms with van der Waals surface area (Å²) >= 11 is 4.80. The summed E-state index contributed by atoms with van der Waals surface area (Å²) in [5.41, 5.74) is 1.28. The van der Waals surface area contributed by atoms with Crippen LogP contribution in [0.2, 0.25) is 0 Å². The van der Waals surface area contributed by atoms with Crippen LogP contribution in [0.5, 0.6) is 0 Å². The molecule has 1 heterocycles. The standard InChI is InChI=1S/C13H11BrFNOS/c1-9(13-3-2-6-18-13)16-17-8-10-4-5-11(14)7-12(10)15/h2-7H,8H2,1H3/b16-9+. The molecular formula is C13H11BrFNOS. The summed E-state index contributed by atoms with van der Waals surface area (Å²) in [7, 11) is 0. The zero-order valence-electron chi connectivity index (χ0n) is 9.69. The molecule has 18 heavy (non-hydrogen) atoms. The van der Waals surface area contributed by atoms with Gasteiger partial charge in [0, 0.05) is 10.0 Å². The molecule has 0 saturated heterocycles. The van der Waals surface area contributed by atoms with E-state index in [2.05, 4.69) is 21.1 Å². The van der Waals surface area contributed by atoms with Crippen molar-refractivity contribution in [1.82, 2.24) is 0 Å². The van der Waals surface area contributed by atoms with Gasteiger partial charge in [-0.25, -0.2) is 4.39 Å². The van der Waals surface area contributed by atoms with E-state index in [0.717, 1.165) is 10.6 Å². The van der Waals surface area contributed by atoms with Crippen molar-refractivity contribution in [3.63, 3.8) is 0 Å². The topological polar surface area (TPSA) is 21.6 Å². The summed E-state index contributed by atoms with van der Waals surface area (Å²) in [5, 5.41) is 5.95. The maximum absolute atomic E-state index is 13.5. The lowest BCUT2D eigenvalue weighted by molar-refractivity contribution is 0.128. The summed E-state index contributed by atoms with van der Waals surface area (Å²) < 4.78 is 14.2. The number of oxime groups is 1. The van der Waals surface area contributed by atoms with E-state index < -0.39 is 0 Å². The first-order valence-electron chi connectivity index (χ1n) is 5.31. The van der Waals surface area contributed by atoms with E-state index in [-0.39, 0.29) is 12.4 Å². The minimum absolute atomic E-state index is 0.127. The van der Waals surface area contributed by atoms with Crippen LogP contribution < -0.4 is 0 Å². The average molecular weight is 328 g/mol. The molecule has 0 amide bonds. The molecule has 0 N–H and O–H groups in total. The molecule has 2 rings (SSSR count). The van der Waals surface area contributed by atoms with Crippen molar-refractivity contribution in [2.24, 2.45) is 5.16 Å². The first-order chi connectivity index (χ1) is 8.66. The minimum Gasteiger partial charge on any atom is -0.391 e. The van der Waals surface area contributed by atoms with Crippen molar-refractivity contribution in [3.8, 4) is 0 Å². The first kappa shape index (κ1) is 13.2. The molecule has 0 aliphatic rings. The van der Waals surface area contributed by atoms with E-state index in [9.17, 15) is 4.39 Å². The maximum Gasteiger partial charge on any atom is 0.145 e. The number of halogens is 2. The van der Waals surface area contributed by atoms with Gasteiger partial charge >= 0.3 is 0 Å². The Morgan fingerprint density at radius 2 is 2.28 bits per heavy atom. The second-order valence-electron chi connectivity index (χ2n) is 3.66. The number of benzene rings is 1. The van der Waals surface area contributed by atoms with Crippen LogP contribution in [0.1, 0.15) is 17.4 Å². The van der Waals surface area contributed by atoms with Gasteiger partial charge in [-0.2, -0.15) is 0 Å². The molecular weight excluding hydrogens is 317 g/mol. The summed E-state index contributed by atoms with van der Waals surface area (Å²) in [5.74, 6) is -0.298. The second-order valence-corrected chi connectivity index (χ2v) is 5.53. The number of hydrogen-bond donors (Lipinski definition) is 0. The fourth-order valence-corrected chi connectivity index (χ4v) is 2.37. The lowest BCUT2D eigenvalue weighted by Gasteiger charge is -2.03. The van der Waals surface area contributed by atoms with Crippen LogP contribution >= 0.6 is 27.3 Å². The molecule has 0 spiro atoms. The predicted molar refractivity (Wildman–Crippen MR) is 75.4 cm³/mol. The Labute approximate surface area is 117 Å². The van der Waals surface area contributed by atoms with Crippen molar-refractivity contribution in [2.45, 2.75) is 13.5 Å². The molecule has 0 unspecified atom stereocenters. The Hall–Kier alpha value is -1.20. The summed E-state index contributed by atoms with van der Waals surface area (Å²) in [6.45, 7) is 1.99. The van der Waals surface area contributed by atoms with Crippen molar-refractivity contribution >= 4 is 33.0 Å². The quantitative estimate of drug-likeness (QED) is 0.594. The third-order valence-electron chi connectivity index (χ3n) is 2.31. The Morgan fingerprint density at radius 1 is 1.44 bits per heavy atom. The first-order valence-corrected chi connectivity index (χ1v) is 6.98. The van der Waals surface area contributed by atoms with Crippen LogP contribution in [-0.2, 0) is 11.4 Å². The van der Waals surface area contributed by atoms with Gasteiger partial charge in [-0.05, 0) is 30.5 Å². The summed E-state index contributed by atoms with van der Waals surface area (Å²) in [6, 6.07) is 8.78. The van der Waals surface area contributed by atoms with E-state index in [1.807, 2.05) is 24.4 Å². The third kappa shape index (κ3) is 3.40. The fourth-order valence-electron chi connectivity index (χ4n) is 1.37. The van der Waals surface area contributed by atoms with Crippen molar-refractivity contribution in [1.29, 1.82) is 0 Å². The Morgan fingerprint density at radius 3 is 2.94 bits per heavy atom. The fraction of sp³-hybridized carbons (Fsp3) is 0.154. The molecule has 2 aromatic rings. The SMILES string of the molecule is C/C(=N\OCc1ccc(Br)cc1F)c1cccs1. The summed E-state index contributed by atoms with van der Waals surface area (Å²) in [6.07, 6.45) is 0. The van der Waals surface area contributed by atoms with Gasteiger partial charge in [0.25, 0.3) is 0 Å². The van der Waals surface area contributed by atoms with Crippen molar-refractivity contribution in [2.75, 3.05) is 0 Å². The zero-order chi connectivity index (χ0) is 13.0. The smallest absolute Gasteiger partial charge is 0.145 e. The molecule has 0 atom stereocenters. The molecule has 0 aliphatic heterocycles. The van der Waals surface area contributed by atoms with E-state index in [1.54, 1.807) is 23.5 Å². The normalized spacial score (nSPS) is 11.6. The van der Waals surface area contributed by atoms with Crippen LogP contribution in [0.15, 0.2) is 45.3 Å². The largest absolute Gasteiger partial charge is 0.391 e. The van der Waals surface area contributed by atoms with Crippen molar-refractivity contribution < 1.29 is 9.23 Å². The lowest BCUT2D eigenvalue weighted by atomic mass is 10.2. The lowest BCUT2D eigenvalue weighted by Crippen LogP contribution is -1.96. The number of nitrogens with zero attached hydrogens (tertiary/aromatic N) is 1. The molecule has 0 bridgehead atoms. The molecule has 0 saturated carbocycles. The predicted octanol–water partition coefficient (Wildman–Crippen LogP) is 4.59. The highest BCUT2D eigenvalue weighted by molar-refractivity contribution is 9.10. The van der Waals surface area contributed by atoms with Gasteiger partial charge in [0.05, 0.1) is 10.6 Å². The number of hydrogen-bond acceptors (Lipinski definition) is 3. The van der Waals surface area contributed by atoms with E-state index in [1.165, 1.54) is 6.07 Å². The molecule has 1 aromatic carbocycles. The van der Waals surface area contributed by atoms with Gasteiger partial charge in [-0.3, -0.25) is 0 Å². The molecule has 94 valence electrons.